The highest BCUT2D eigenvalue weighted by Crippen LogP contribution is 2.35. The smallest absolute Gasteiger partial charge is 0.224 e. The summed E-state index contributed by atoms with van der Waals surface area (Å²) in [4.78, 5) is 16.4. The molecule has 0 radical (unpaired) electrons. The van der Waals surface area contributed by atoms with Crippen molar-refractivity contribution in [2.45, 2.75) is 25.9 Å². The summed E-state index contributed by atoms with van der Waals surface area (Å²) in [6, 6.07) is 24.4. The molecule has 0 unspecified atom stereocenters. The fourth-order valence-electron chi connectivity index (χ4n) is 4.29. The number of pyridine rings is 1. The number of hydrogen-bond acceptors (Lipinski definition) is 6. The molecule has 0 amide bonds. The van der Waals surface area contributed by atoms with Crippen LogP contribution >= 0.6 is 0 Å². The molecule has 0 saturated heterocycles. The van der Waals surface area contributed by atoms with E-state index in [2.05, 4.69) is 39.5 Å². The lowest BCUT2D eigenvalue weighted by molar-refractivity contribution is 0.280. The third-order valence-corrected chi connectivity index (χ3v) is 5.96. The summed E-state index contributed by atoms with van der Waals surface area (Å²) in [7, 11) is 0. The SMILES string of the molecule is OCc1cc(-c2ccccc2)nc2c1CCCN2c1ccnc(NCCc2ccccc2)n1. The van der Waals surface area contributed by atoms with Crippen LogP contribution in [0.1, 0.15) is 23.1 Å². The van der Waals surface area contributed by atoms with Gasteiger partial charge in [-0.05, 0) is 42.5 Å². The van der Waals surface area contributed by atoms with Gasteiger partial charge in [-0.2, -0.15) is 4.98 Å². The lowest BCUT2D eigenvalue weighted by atomic mass is 9.98. The van der Waals surface area contributed by atoms with Crippen molar-refractivity contribution in [3.8, 4) is 11.3 Å². The maximum atomic E-state index is 10.1. The first kappa shape index (κ1) is 21.1. The van der Waals surface area contributed by atoms with Gasteiger partial charge < -0.3 is 15.3 Å². The van der Waals surface area contributed by atoms with Crippen LogP contribution in [0.15, 0.2) is 79.0 Å². The van der Waals surface area contributed by atoms with E-state index in [4.69, 9.17) is 9.97 Å². The van der Waals surface area contributed by atoms with Crippen molar-refractivity contribution in [1.29, 1.82) is 0 Å². The van der Waals surface area contributed by atoms with Gasteiger partial charge in [0, 0.05) is 30.4 Å². The molecule has 0 fully saturated rings. The summed E-state index contributed by atoms with van der Waals surface area (Å²) >= 11 is 0. The summed E-state index contributed by atoms with van der Waals surface area (Å²) < 4.78 is 0. The zero-order valence-corrected chi connectivity index (χ0v) is 18.5. The van der Waals surface area contributed by atoms with Crippen molar-refractivity contribution in [2.24, 2.45) is 0 Å². The first-order chi connectivity index (χ1) is 16.3. The monoisotopic (exact) mass is 437 g/mol. The van der Waals surface area contributed by atoms with E-state index in [1.807, 2.05) is 48.5 Å². The Kier molecular flexibility index (Phi) is 6.26. The summed E-state index contributed by atoms with van der Waals surface area (Å²) in [5, 5.41) is 13.4. The van der Waals surface area contributed by atoms with Crippen LogP contribution in [0.4, 0.5) is 17.6 Å². The minimum atomic E-state index is -0.00536. The maximum Gasteiger partial charge on any atom is 0.224 e. The number of rotatable bonds is 7. The molecule has 6 nitrogen and oxygen atoms in total. The summed E-state index contributed by atoms with van der Waals surface area (Å²) in [5.41, 5.74) is 5.20. The number of nitrogens with zero attached hydrogens (tertiary/aromatic N) is 4. The minimum absolute atomic E-state index is 0.00536. The molecule has 2 N–H and O–H groups in total. The quantitative estimate of drug-likeness (QED) is 0.434. The van der Waals surface area contributed by atoms with Crippen molar-refractivity contribution in [2.75, 3.05) is 23.3 Å². The topological polar surface area (TPSA) is 74.2 Å². The molecule has 0 bridgehead atoms. The lowest BCUT2D eigenvalue weighted by Gasteiger charge is -2.31. The molecule has 1 aliphatic rings. The van der Waals surface area contributed by atoms with E-state index in [9.17, 15) is 5.11 Å². The molecule has 0 spiro atoms. The second kappa shape index (κ2) is 9.79. The third kappa shape index (κ3) is 4.71. The molecule has 3 heterocycles. The number of benzene rings is 2. The molecule has 1 aliphatic heterocycles. The molecule has 0 saturated carbocycles. The van der Waals surface area contributed by atoms with E-state index >= 15 is 0 Å². The Morgan fingerprint density at radius 2 is 1.73 bits per heavy atom. The molecule has 33 heavy (non-hydrogen) atoms. The molecule has 6 heteroatoms. The van der Waals surface area contributed by atoms with Crippen molar-refractivity contribution in [3.05, 3.63) is 95.7 Å². The van der Waals surface area contributed by atoms with Gasteiger partial charge in [-0.15, -0.1) is 0 Å². The first-order valence-corrected chi connectivity index (χ1v) is 11.4. The van der Waals surface area contributed by atoms with E-state index in [1.54, 1.807) is 6.20 Å². The summed E-state index contributed by atoms with van der Waals surface area (Å²) in [6.45, 7) is 1.58. The van der Waals surface area contributed by atoms with Crippen LogP contribution in [0.3, 0.4) is 0 Å². The summed E-state index contributed by atoms with van der Waals surface area (Å²) in [6.07, 6.45) is 4.57. The van der Waals surface area contributed by atoms with E-state index in [0.29, 0.717) is 5.95 Å². The maximum absolute atomic E-state index is 10.1. The number of aromatic nitrogens is 3. The third-order valence-electron chi connectivity index (χ3n) is 5.96. The average Bonchev–Trinajstić information content (AvgIpc) is 2.89. The Morgan fingerprint density at radius 1 is 0.939 bits per heavy atom. The number of aliphatic hydroxyl groups is 1. The Hall–Kier alpha value is -3.77. The summed E-state index contributed by atoms with van der Waals surface area (Å²) in [5.74, 6) is 2.30. The van der Waals surface area contributed by atoms with Crippen LogP contribution in [-0.4, -0.2) is 33.1 Å². The fraction of sp³-hybridized carbons (Fsp3) is 0.222. The molecule has 4 aromatic rings. The van der Waals surface area contributed by atoms with Crippen molar-refractivity contribution in [1.82, 2.24) is 15.0 Å². The Labute approximate surface area is 194 Å². The van der Waals surface area contributed by atoms with Gasteiger partial charge in [0.05, 0.1) is 12.3 Å². The average molecular weight is 438 g/mol. The number of fused-ring (bicyclic) bond motifs is 1. The van der Waals surface area contributed by atoms with Gasteiger partial charge in [0.2, 0.25) is 5.95 Å². The van der Waals surface area contributed by atoms with Crippen LogP contribution in [0, 0.1) is 0 Å². The molecule has 166 valence electrons. The number of hydrogen-bond donors (Lipinski definition) is 2. The van der Waals surface area contributed by atoms with Gasteiger partial charge in [-0.25, -0.2) is 9.97 Å². The zero-order chi connectivity index (χ0) is 22.5. The standard InChI is InChI=1S/C27H27N5O/c33-19-22-18-24(21-10-5-2-6-11-21)30-26-23(22)12-7-17-32(26)25-14-16-29-27(31-25)28-15-13-20-8-3-1-4-9-20/h1-6,8-11,14,16,18,33H,7,12-13,15,17,19H2,(H,28,29,31). The van der Waals surface area contributed by atoms with Crippen molar-refractivity contribution < 1.29 is 5.11 Å². The highest BCUT2D eigenvalue weighted by atomic mass is 16.3. The highest BCUT2D eigenvalue weighted by Gasteiger charge is 2.24. The number of aliphatic hydroxyl groups excluding tert-OH is 1. The molecule has 0 atom stereocenters. The van der Waals surface area contributed by atoms with E-state index in [-0.39, 0.29) is 6.61 Å². The van der Waals surface area contributed by atoms with Gasteiger partial charge in [0.25, 0.3) is 0 Å². The predicted octanol–water partition coefficient (Wildman–Crippen LogP) is 4.77. The molecular weight excluding hydrogens is 410 g/mol. The van der Waals surface area contributed by atoms with Gasteiger partial charge in [0.15, 0.2) is 0 Å². The van der Waals surface area contributed by atoms with Crippen LogP contribution < -0.4 is 10.2 Å². The highest BCUT2D eigenvalue weighted by molar-refractivity contribution is 5.70. The van der Waals surface area contributed by atoms with E-state index < -0.39 is 0 Å². The Morgan fingerprint density at radius 3 is 2.52 bits per heavy atom. The lowest BCUT2D eigenvalue weighted by Crippen LogP contribution is -2.28. The normalized spacial score (nSPS) is 12.9. The predicted molar refractivity (Wildman–Crippen MR) is 132 cm³/mol. The number of anilines is 3. The van der Waals surface area contributed by atoms with E-state index in [1.165, 1.54) is 5.56 Å². The Bertz CT molecular complexity index is 1210. The molecule has 0 aliphatic carbocycles. The van der Waals surface area contributed by atoms with Crippen molar-refractivity contribution in [3.63, 3.8) is 0 Å². The number of nitrogens with one attached hydrogen (secondary N) is 1. The molecule has 2 aromatic heterocycles. The first-order valence-electron chi connectivity index (χ1n) is 11.4. The molecule has 2 aromatic carbocycles. The van der Waals surface area contributed by atoms with Crippen LogP contribution in [0.2, 0.25) is 0 Å². The molecular formula is C27H27N5O. The van der Waals surface area contributed by atoms with Crippen LogP contribution in [0.25, 0.3) is 11.3 Å². The second-order valence-electron chi connectivity index (χ2n) is 8.15. The van der Waals surface area contributed by atoms with Gasteiger partial charge in [-0.3, -0.25) is 0 Å². The van der Waals surface area contributed by atoms with Crippen LogP contribution in [0.5, 0.6) is 0 Å². The van der Waals surface area contributed by atoms with Crippen LogP contribution in [-0.2, 0) is 19.4 Å². The zero-order valence-electron chi connectivity index (χ0n) is 18.5. The van der Waals surface area contributed by atoms with Crippen molar-refractivity contribution >= 4 is 17.6 Å². The van der Waals surface area contributed by atoms with Gasteiger partial charge in [-0.1, -0.05) is 60.7 Å². The fourth-order valence-corrected chi connectivity index (χ4v) is 4.29. The largest absolute Gasteiger partial charge is 0.392 e. The van der Waals surface area contributed by atoms with E-state index in [0.717, 1.165) is 66.4 Å². The minimum Gasteiger partial charge on any atom is -0.392 e. The van der Waals surface area contributed by atoms with Gasteiger partial charge in [0.1, 0.15) is 11.6 Å². The molecule has 5 rings (SSSR count). The second-order valence-corrected chi connectivity index (χ2v) is 8.15. The van der Waals surface area contributed by atoms with Gasteiger partial charge >= 0.3 is 0 Å². The Balaban J connectivity index is 1.42.